The molecule has 5 rings (SSSR count). The van der Waals surface area contributed by atoms with Crippen molar-refractivity contribution in [2.75, 3.05) is 13.1 Å². The van der Waals surface area contributed by atoms with E-state index in [0.717, 1.165) is 31.6 Å². The lowest BCUT2D eigenvalue weighted by molar-refractivity contribution is 0.198. The summed E-state index contributed by atoms with van der Waals surface area (Å²) in [5.41, 5.74) is 7.68. The van der Waals surface area contributed by atoms with Crippen molar-refractivity contribution in [2.24, 2.45) is 0 Å². The molecule has 4 heteroatoms. The minimum absolute atomic E-state index is 0.661. The van der Waals surface area contributed by atoms with Gasteiger partial charge in [0, 0.05) is 6.54 Å². The number of piperidine rings is 1. The van der Waals surface area contributed by atoms with Gasteiger partial charge in [0.15, 0.2) is 0 Å². The Balaban J connectivity index is 1.32. The number of hydrogen-bond donors (Lipinski definition) is 0. The Morgan fingerprint density at radius 3 is 2.63 bits per heavy atom. The molecule has 0 amide bonds. The second-order valence-electron chi connectivity index (χ2n) is 8.29. The molecular formula is C23H26BN3. The Kier molecular flexibility index (Phi) is 4.32. The maximum absolute atomic E-state index is 5.83. The quantitative estimate of drug-likeness (QED) is 0.671. The number of aromatic nitrogens is 2. The van der Waals surface area contributed by atoms with Crippen molar-refractivity contribution >= 4 is 24.3 Å². The summed E-state index contributed by atoms with van der Waals surface area (Å²) in [5, 5.41) is 0. The van der Waals surface area contributed by atoms with E-state index in [2.05, 4.69) is 40.7 Å². The van der Waals surface area contributed by atoms with Crippen LogP contribution in [-0.4, -0.2) is 35.4 Å². The van der Waals surface area contributed by atoms with Gasteiger partial charge in [0.05, 0.1) is 17.6 Å². The molecule has 2 aliphatic heterocycles. The zero-order valence-corrected chi connectivity index (χ0v) is 16.1. The van der Waals surface area contributed by atoms with Gasteiger partial charge in [0.25, 0.3) is 0 Å². The van der Waals surface area contributed by atoms with Crippen LogP contribution in [0, 0.1) is 6.92 Å². The van der Waals surface area contributed by atoms with Crippen LogP contribution in [0.25, 0.3) is 11.0 Å². The summed E-state index contributed by atoms with van der Waals surface area (Å²) in [4.78, 5) is 7.62. The molecule has 2 aromatic carbocycles. The Morgan fingerprint density at radius 2 is 1.85 bits per heavy atom. The Bertz CT molecular complexity index is 965. The van der Waals surface area contributed by atoms with Gasteiger partial charge >= 0.3 is 0 Å². The Labute approximate surface area is 162 Å². The molecule has 1 saturated heterocycles. The number of nitrogens with zero attached hydrogens (tertiary/aromatic N) is 3. The first-order chi connectivity index (χ1) is 13.2. The minimum Gasteiger partial charge on any atom is -0.327 e. The van der Waals surface area contributed by atoms with Crippen LogP contribution >= 0.6 is 0 Å². The lowest BCUT2D eigenvalue weighted by Crippen LogP contribution is -2.33. The predicted octanol–water partition coefficient (Wildman–Crippen LogP) is 3.46. The average molecular weight is 355 g/mol. The van der Waals surface area contributed by atoms with E-state index in [1.165, 1.54) is 59.2 Å². The molecule has 0 bridgehead atoms. The summed E-state index contributed by atoms with van der Waals surface area (Å²) in [5.74, 6) is 1.91. The van der Waals surface area contributed by atoms with E-state index in [9.17, 15) is 0 Å². The topological polar surface area (TPSA) is 21.1 Å². The monoisotopic (exact) mass is 355 g/mol. The normalized spacial score (nSPS) is 18.3. The van der Waals surface area contributed by atoms with Gasteiger partial charge in [0.1, 0.15) is 13.7 Å². The summed E-state index contributed by atoms with van der Waals surface area (Å²) in [6, 6.07) is 13.1. The molecule has 136 valence electrons. The molecule has 2 radical (unpaired) electrons. The highest BCUT2D eigenvalue weighted by atomic mass is 15.2. The van der Waals surface area contributed by atoms with Crippen molar-refractivity contribution in [1.82, 2.24) is 14.5 Å². The van der Waals surface area contributed by atoms with Crippen LogP contribution in [0.5, 0.6) is 0 Å². The van der Waals surface area contributed by atoms with Crippen LogP contribution in [0.2, 0.25) is 0 Å². The zero-order chi connectivity index (χ0) is 18.4. The smallest absolute Gasteiger partial charge is 0.124 e. The third-order valence-corrected chi connectivity index (χ3v) is 6.33. The first-order valence-electron chi connectivity index (χ1n) is 10.2. The van der Waals surface area contributed by atoms with Crippen molar-refractivity contribution in [3.63, 3.8) is 0 Å². The molecule has 0 unspecified atom stereocenters. The standard InChI is InChI=1S/C23H26BN3/c1-16-13-19-3-2-10-27-22(25-21(14-16)23(19)27)15-26-11-8-18(9-12-26)17-4-6-20(24)7-5-17/h4-7,13-14,18H,2-3,8-12,15H2,1H3. The van der Waals surface area contributed by atoms with Crippen LogP contribution in [0.4, 0.5) is 0 Å². The summed E-state index contributed by atoms with van der Waals surface area (Å²) >= 11 is 0. The number of benzene rings is 2. The summed E-state index contributed by atoms with van der Waals surface area (Å²) in [6.07, 6.45) is 4.85. The van der Waals surface area contributed by atoms with E-state index in [4.69, 9.17) is 12.8 Å². The molecular weight excluding hydrogens is 329 g/mol. The van der Waals surface area contributed by atoms with Gasteiger partial charge < -0.3 is 4.57 Å². The van der Waals surface area contributed by atoms with Crippen LogP contribution in [0.3, 0.4) is 0 Å². The highest BCUT2D eigenvalue weighted by Crippen LogP contribution is 2.31. The van der Waals surface area contributed by atoms with E-state index in [1.807, 2.05) is 12.1 Å². The molecule has 0 aliphatic carbocycles. The zero-order valence-electron chi connectivity index (χ0n) is 16.1. The minimum atomic E-state index is 0.661. The third-order valence-electron chi connectivity index (χ3n) is 6.33. The molecule has 0 atom stereocenters. The van der Waals surface area contributed by atoms with Crippen molar-refractivity contribution < 1.29 is 0 Å². The van der Waals surface area contributed by atoms with Crippen LogP contribution in [0.1, 0.15) is 47.7 Å². The molecule has 3 heterocycles. The molecule has 3 nitrogen and oxygen atoms in total. The van der Waals surface area contributed by atoms with Gasteiger partial charge in [-0.1, -0.05) is 35.8 Å². The van der Waals surface area contributed by atoms with Gasteiger partial charge in [-0.25, -0.2) is 4.98 Å². The number of rotatable bonds is 3. The first-order valence-corrected chi connectivity index (χ1v) is 10.2. The molecule has 2 aliphatic rings. The number of imidazole rings is 1. The van der Waals surface area contributed by atoms with E-state index in [-0.39, 0.29) is 0 Å². The van der Waals surface area contributed by atoms with E-state index >= 15 is 0 Å². The van der Waals surface area contributed by atoms with Gasteiger partial charge in [-0.2, -0.15) is 0 Å². The maximum Gasteiger partial charge on any atom is 0.124 e. The summed E-state index contributed by atoms with van der Waals surface area (Å²) in [7, 11) is 5.83. The number of aryl methyl sites for hydroxylation is 3. The first kappa shape index (κ1) is 17.1. The highest BCUT2D eigenvalue weighted by Gasteiger charge is 2.24. The second kappa shape index (κ2) is 6.83. The van der Waals surface area contributed by atoms with E-state index in [0.29, 0.717) is 5.92 Å². The van der Waals surface area contributed by atoms with Gasteiger partial charge in [-0.3, -0.25) is 4.90 Å². The third kappa shape index (κ3) is 3.21. The van der Waals surface area contributed by atoms with Crippen LogP contribution in [-0.2, 0) is 19.5 Å². The van der Waals surface area contributed by atoms with E-state index < -0.39 is 0 Å². The molecule has 0 saturated carbocycles. The SMILES string of the molecule is [B]c1ccc(C2CCN(Cc3nc4cc(C)cc5c4n3CCC5)CC2)cc1. The number of hydrogen-bond acceptors (Lipinski definition) is 2. The summed E-state index contributed by atoms with van der Waals surface area (Å²) < 4.78 is 2.49. The van der Waals surface area contributed by atoms with Crippen LogP contribution in [0.15, 0.2) is 36.4 Å². The fourth-order valence-electron chi connectivity index (χ4n) is 4.93. The highest BCUT2D eigenvalue weighted by molar-refractivity contribution is 6.32. The maximum atomic E-state index is 5.83. The van der Waals surface area contributed by atoms with E-state index in [1.54, 1.807) is 0 Å². The van der Waals surface area contributed by atoms with Gasteiger partial charge in [0.2, 0.25) is 0 Å². The molecule has 0 N–H and O–H groups in total. The predicted molar refractivity (Wildman–Crippen MR) is 112 cm³/mol. The van der Waals surface area contributed by atoms with Crippen molar-refractivity contribution in [3.8, 4) is 0 Å². The largest absolute Gasteiger partial charge is 0.327 e. The Hall–Kier alpha value is -2.07. The molecule has 1 fully saturated rings. The lowest BCUT2D eigenvalue weighted by atomic mass is 9.87. The van der Waals surface area contributed by atoms with Crippen molar-refractivity contribution in [2.45, 2.75) is 51.6 Å². The Morgan fingerprint density at radius 1 is 1.07 bits per heavy atom. The van der Waals surface area contributed by atoms with Gasteiger partial charge in [-0.05, 0) is 74.4 Å². The fraction of sp³-hybridized carbons (Fsp3) is 0.435. The van der Waals surface area contributed by atoms with Crippen LogP contribution < -0.4 is 5.46 Å². The summed E-state index contributed by atoms with van der Waals surface area (Å²) in [6.45, 7) is 6.56. The average Bonchev–Trinajstić information content (AvgIpc) is 3.02. The fourth-order valence-corrected chi connectivity index (χ4v) is 4.93. The van der Waals surface area contributed by atoms with Crippen molar-refractivity contribution in [3.05, 3.63) is 58.9 Å². The molecule has 3 aromatic rings. The van der Waals surface area contributed by atoms with Crippen molar-refractivity contribution in [1.29, 1.82) is 0 Å². The molecule has 1 aromatic heterocycles. The molecule has 27 heavy (non-hydrogen) atoms. The lowest BCUT2D eigenvalue weighted by Gasteiger charge is -2.32. The molecule has 0 spiro atoms. The second-order valence-corrected chi connectivity index (χ2v) is 8.29. The number of likely N-dealkylation sites (tertiary alicyclic amines) is 1. The van der Waals surface area contributed by atoms with Gasteiger partial charge in [-0.15, -0.1) is 0 Å².